The van der Waals surface area contributed by atoms with Gasteiger partial charge in [0.1, 0.15) is 0 Å². The molecule has 0 saturated carbocycles. The number of nitrogens with one attached hydrogen (secondary N) is 1. The van der Waals surface area contributed by atoms with Crippen LogP contribution in [0.3, 0.4) is 0 Å². The smallest absolute Gasteiger partial charge is 0.339 e. The third-order valence-corrected chi connectivity index (χ3v) is 1.12. The average molecular weight is 142 g/mol. The molecule has 0 radical (unpaired) electrons. The molecule has 0 bridgehead atoms. The molecule has 0 spiro atoms. The van der Waals surface area contributed by atoms with Crippen LogP contribution in [0.2, 0.25) is 0 Å². The summed E-state index contributed by atoms with van der Waals surface area (Å²) in [4.78, 5) is 14.4. The first-order chi connectivity index (χ1) is 4.70. The van der Waals surface area contributed by atoms with Crippen LogP contribution in [0.25, 0.3) is 0 Å². The molecule has 1 N–H and O–H groups in total. The lowest BCUT2D eigenvalue weighted by molar-refractivity contribution is 0.251. The van der Waals surface area contributed by atoms with E-state index in [2.05, 4.69) is 17.2 Å². The molecule has 0 atom stereocenters. The van der Waals surface area contributed by atoms with Crippen LogP contribution in [-0.2, 0) is 0 Å². The van der Waals surface area contributed by atoms with Gasteiger partial charge in [-0.2, -0.15) is 0 Å². The Morgan fingerprint density at radius 2 is 2.20 bits per heavy atom. The van der Waals surface area contributed by atoms with Crippen LogP contribution in [0.4, 0.5) is 4.79 Å². The van der Waals surface area contributed by atoms with Gasteiger partial charge < -0.3 is 5.32 Å². The van der Waals surface area contributed by atoms with Crippen molar-refractivity contribution in [1.29, 1.82) is 0 Å². The first kappa shape index (κ1) is 9.14. The maximum absolute atomic E-state index is 10.6. The van der Waals surface area contributed by atoms with Crippen molar-refractivity contribution in [1.82, 2.24) is 5.32 Å². The predicted octanol–water partition coefficient (Wildman–Crippen LogP) is 1.59. The Morgan fingerprint density at radius 3 is 2.60 bits per heavy atom. The first-order valence-corrected chi connectivity index (χ1v) is 3.46. The molecule has 0 fully saturated rings. The van der Waals surface area contributed by atoms with E-state index in [-0.39, 0.29) is 6.03 Å². The predicted molar refractivity (Wildman–Crippen MR) is 42.5 cm³/mol. The van der Waals surface area contributed by atoms with Gasteiger partial charge in [-0.3, -0.25) is 0 Å². The van der Waals surface area contributed by atoms with E-state index in [1.54, 1.807) is 7.05 Å². The van der Waals surface area contributed by atoms with Gasteiger partial charge in [0.15, 0.2) is 0 Å². The zero-order valence-corrected chi connectivity index (χ0v) is 6.77. The van der Waals surface area contributed by atoms with Gasteiger partial charge in [0, 0.05) is 12.8 Å². The molecule has 0 unspecified atom stereocenters. The molecule has 0 aliphatic heterocycles. The number of nitrogens with zero attached hydrogens (tertiary/aromatic N) is 1. The Hall–Kier alpha value is -0.860. The molecule has 0 aromatic heterocycles. The Bertz CT molecular complexity index is 141. The molecule has 0 aliphatic carbocycles. The molecule has 10 heavy (non-hydrogen) atoms. The molecule has 0 saturated heterocycles. The number of aliphatic imine (C=N–C) groups is 1. The van der Waals surface area contributed by atoms with E-state index < -0.39 is 0 Å². The number of hydrogen-bond donors (Lipinski definition) is 1. The zero-order valence-electron chi connectivity index (χ0n) is 6.77. The molecule has 0 aromatic rings. The van der Waals surface area contributed by atoms with Gasteiger partial charge in [0.05, 0.1) is 0 Å². The highest BCUT2D eigenvalue weighted by Gasteiger charge is 1.93. The minimum Gasteiger partial charge on any atom is -0.339 e. The Kier molecular flexibility index (Phi) is 4.54. The fourth-order valence-corrected chi connectivity index (χ4v) is 0.647. The Morgan fingerprint density at radius 1 is 1.60 bits per heavy atom. The first-order valence-electron chi connectivity index (χ1n) is 3.46. The molecular formula is C7H14N2O. The maximum Gasteiger partial charge on any atom is 0.340 e. The number of carbonyl (C=O) groups excluding carboxylic acids is 1. The molecule has 0 aliphatic rings. The molecular weight excluding hydrogens is 128 g/mol. The number of hydrogen-bond acceptors (Lipinski definition) is 1. The Balaban J connectivity index is 3.77. The van der Waals surface area contributed by atoms with Crippen molar-refractivity contribution in [2.75, 3.05) is 7.05 Å². The summed E-state index contributed by atoms with van der Waals surface area (Å²) in [6.07, 6.45) is 1.93. The molecule has 3 nitrogen and oxygen atoms in total. The van der Waals surface area contributed by atoms with Gasteiger partial charge in [-0.1, -0.05) is 13.3 Å². The highest BCUT2D eigenvalue weighted by molar-refractivity contribution is 5.93. The second-order valence-electron chi connectivity index (χ2n) is 2.15. The normalized spacial score (nSPS) is 11.3. The van der Waals surface area contributed by atoms with Crippen LogP contribution >= 0.6 is 0 Å². The SMILES string of the molecule is CCCC(C)=NC(=O)NC. The maximum atomic E-state index is 10.6. The zero-order chi connectivity index (χ0) is 7.98. The van der Waals surface area contributed by atoms with Crippen molar-refractivity contribution in [2.45, 2.75) is 26.7 Å². The highest BCUT2D eigenvalue weighted by Crippen LogP contribution is 1.90. The van der Waals surface area contributed by atoms with Gasteiger partial charge in [-0.15, -0.1) is 0 Å². The summed E-state index contributed by atoms with van der Waals surface area (Å²) < 4.78 is 0. The van der Waals surface area contributed by atoms with Gasteiger partial charge in [-0.05, 0) is 13.3 Å². The molecule has 0 heterocycles. The van der Waals surface area contributed by atoms with Crippen LogP contribution in [0.5, 0.6) is 0 Å². The summed E-state index contributed by atoms with van der Waals surface area (Å²) in [5.41, 5.74) is 0.891. The molecule has 3 heteroatoms. The van der Waals surface area contributed by atoms with Crippen molar-refractivity contribution < 1.29 is 4.79 Å². The van der Waals surface area contributed by atoms with Gasteiger partial charge in [0.2, 0.25) is 0 Å². The lowest BCUT2D eigenvalue weighted by Crippen LogP contribution is -2.14. The number of urea groups is 1. The molecule has 0 rings (SSSR count). The lowest BCUT2D eigenvalue weighted by atomic mass is 10.2. The summed E-state index contributed by atoms with van der Waals surface area (Å²) in [6, 6.07) is -0.258. The molecule has 58 valence electrons. The van der Waals surface area contributed by atoms with Crippen LogP contribution in [0.1, 0.15) is 26.7 Å². The largest absolute Gasteiger partial charge is 0.340 e. The minimum atomic E-state index is -0.258. The summed E-state index contributed by atoms with van der Waals surface area (Å²) >= 11 is 0. The highest BCUT2D eigenvalue weighted by atomic mass is 16.2. The van der Waals surface area contributed by atoms with Crippen LogP contribution < -0.4 is 5.32 Å². The Labute approximate surface area is 61.5 Å². The second-order valence-corrected chi connectivity index (χ2v) is 2.15. The van der Waals surface area contributed by atoms with E-state index >= 15 is 0 Å². The standard InChI is InChI=1S/C7H14N2O/c1-4-5-6(2)9-7(10)8-3/h4-5H2,1-3H3,(H,8,10). The van der Waals surface area contributed by atoms with Crippen molar-refractivity contribution in [3.8, 4) is 0 Å². The van der Waals surface area contributed by atoms with Crippen molar-refractivity contribution in [3.63, 3.8) is 0 Å². The monoisotopic (exact) mass is 142 g/mol. The van der Waals surface area contributed by atoms with Crippen molar-refractivity contribution in [2.24, 2.45) is 4.99 Å². The fraction of sp³-hybridized carbons (Fsp3) is 0.714. The third kappa shape index (κ3) is 4.06. The minimum absolute atomic E-state index is 0.258. The summed E-state index contributed by atoms with van der Waals surface area (Å²) in [5.74, 6) is 0. The summed E-state index contributed by atoms with van der Waals surface area (Å²) in [5, 5.41) is 2.43. The lowest BCUT2D eigenvalue weighted by Gasteiger charge is -1.95. The van der Waals surface area contributed by atoms with Crippen molar-refractivity contribution >= 4 is 11.7 Å². The van der Waals surface area contributed by atoms with Crippen LogP contribution in [-0.4, -0.2) is 18.8 Å². The molecule has 2 amide bonds. The number of carbonyl (C=O) groups is 1. The van der Waals surface area contributed by atoms with E-state index in [0.717, 1.165) is 18.6 Å². The quantitative estimate of drug-likeness (QED) is 0.584. The summed E-state index contributed by atoms with van der Waals surface area (Å²) in [6.45, 7) is 3.92. The second kappa shape index (κ2) is 4.97. The van der Waals surface area contributed by atoms with E-state index in [4.69, 9.17) is 0 Å². The van der Waals surface area contributed by atoms with Crippen LogP contribution in [0.15, 0.2) is 4.99 Å². The van der Waals surface area contributed by atoms with Gasteiger partial charge in [0.25, 0.3) is 0 Å². The van der Waals surface area contributed by atoms with Crippen LogP contribution in [0, 0.1) is 0 Å². The average Bonchev–Trinajstić information content (AvgIpc) is 1.88. The van der Waals surface area contributed by atoms with E-state index in [1.807, 2.05) is 6.92 Å². The van der Waals surface area contributed by atoms with Crippen molar-refractivity contribution in [3.05, 3.63) is 0 Å². The summed E-state index contributed by atoms with van der Waals surface area (Å²) in [7, 11) is 1.57. The van der Waals surface area contributed by atoms with Gasteiger partial charge >= 0.3 is 6.03 Å². The van der Waals surface area contributed by atoms with E-state index in [0.29, 0.717) is 0 Å². The van der Waals surface area contributed by atoms with E-state index in [1.165, 1.54) is 0 Å². The molecule has 0 aromatic carbocycles. The third-order valence-electron chi connectivity index (χ3n) is 1.12. The topological polar surface area (TPSA) is 41.5 Å². The number of rotatable bonds is 2. The van der Waals surface area contributed by atoms with Gasteiger partial charge in [-0.25, -0.2) is 9.79 Å². The van der Waals surface area contributed by atoms with E-state index in [9.17, 15) is 4.79 Å². The number of amides is 2. The fourth-order valence-electron chi connectivity index (χ4n) is 0.647.